The van der Waals surface area contributed by atoms with Gasteiger partial charge in [-0.15, -0.1) is 0 Å². The van der Waals surface area contributed by atoms with Crippen molar-refractivity contribution in [3.63, 3.8) is 0 Å². The van der Waals surface area contributed by atoms with Crippen molar-refractivity contribution in [3.05, 3.63) is 11.7 Å². The number of hydrogen-bond acceptors (Lipinski definition) is 5. The van der Waals surface area contributed by atoms with Crippen LogP contribution in [0.25, 0.3) is 0 Å². The van der Waals surface area contributed by atoms with Gasteiger partial charge in [-0.25, -0.2) is 0 Å². The van der Waals surface area contributed by atoms with Crippen LogP contribution in [0, 0.1) is 5.92 Å². The SMILES string of the molecule is CC(C)N1CCC(Cc2noc(C3CCCNC3)n2)CC1. The number of likely N-dealkylation sites (tertiary alicyclic amines) is 1. The van der Waals surface area contributed by atoms with E-state index in [0.717, 1.165) is 37.1 Å². The third kappa shape index (κ3) is 3.83. The van der Waals surface area contributed by atoms with Crippen LogP contribution >= 0.6 is 0 Å². The third-order valence-corrected chi connectivity index (χ3v) is 4.98. The largest absolute Gasteiger partial charge is 0.339 e. The van der Waals surface area contributed by atoms with Crippen LogP contribution in [-0.4, -0.2) is 47.3 Å². The van der Waals surface area contributed by atoms with Gasteiger partial charge in [0.2, 0.25) is 5.89 Å². The van der Waals surface area contributed by atoms with Crippen LogP contribution < -0.4 is 5.32 Å². The van der Waals surface area contributed by atoms with Gasteiger partial charge in [0.25, 0.3) is 0 Å². The zero-order valence-corrected chi connectivity index (χ0v) is 13.3. The molecule has 0 radical (unpaired) electrons. The standard InChI is InChI=1S/C16H28N4O/c1-12(2)20-8-5-13(6-9-20)10-15-18-16(21-19-15)14-4-3-7-17-11-14/h12-14,17H,3-11H2,1-2H3. The summed E-state index contributed by atoms with van der Waals surface area (Å²) >= 11 is 0. The van der Waals surface area contributed by atoms with E-state index in [1.807, 2.05) is 0 Å². The Bertz CT molecular complexity index is 431. The van der Waals surface area contributed by atoms with E-state index >= 15 is 0 Å². The zero-order valence-electron chi connectivity index (χ0n) is 13.3. The van der Waals surface area contributed by atoms with Crippen molar-refractivity contribution in [3.8, 4) is 0 Å². The molecule has 3 heterocycles. The number of aromatic nitrogens is 2. The van der Waals surface area contributed by atoms with E-state index in [2.05, 4.69) is 34.2 Å². The molecule has 118 valence electrons. The van der Waals surface area contributed by atoms with Crippen LogP contribution in [0.1, 0.15) is 57.2 Å². The predicted molar refractivity (Wildman–Crippen MR) is 82.3 cm³/mol. The molecule has 5 nitrogen and oxygen atoms in total. The number of hydrogen-bond donors (Lipinski definition) is 1. The molecule has 0 spiro atoms. The quantitative estimate of drug-likeness (QED) is 0.922. The average molecular weight is 292 g/mol. The Morgan fingerprint density at radius 1 is 1.29 bits per heavy atom. The maximum atomic E-state index is 5.49. The molecule has 2 saturated heterocycles. The van der Waals surface area contributed by atoms with Gasteiger partial charge in [-0.05, 0) is 65.1 Å². The summed E-state index contributed by atoms with van der Waals surface area (Å²) in [6, 6.07) is 0.668. The van der Waals surface area contributed by atoms with Crippen molar-refractivity contribution < 1.29 is 4.52 Å². The van der Waals surface area contributed by atoms with Gasteiger partial charge in [0.1, 0.15) is 0 Å². The second-order valence-electron chi connectivity index (χ2n) is 6.87. The molecule has 2 aliphatic rings. The molecule has 0 saturated carbocycles. The smallest absolute Gasteiger partial charge is 0.231 e. The second-order valence-corrected chi connectivity index (χ2v) is 6.87. The van der Waals surface area contributed by atoms with Crippen LogP contribution in [0.5, 0.6) is 0 Å². The molecule has 5 heteroatoms. The minimum atomic E-state index is 0.419. The van der Waals surface area contributed by atoms with Gasteiger partial charge in [0.05, 0.1) is 5.92 Å². The first kappa shape index (κ1) is 15.0. The van der Waals surface area contributed by atoms with Crippen LogP contribution in [0.15, 0.2) is 4.52 Å². The normalized spacial score (nSPS) is 25.6. The molecule has 0 aromatic carbocycles. The van der Waals surface area contributed by atoms with Gasteiger partial charge in [-0.3, -0.25) is 0 Å². The highest BCUT2D eigenvalue weighted by molar-refractivity contribution is 4.98. The van der Waals surface area contributed by atoms with Gasteiger partial charge < -0.3 is 14.7 Å². The molecule has 1 aromatic heterocycles. The zero-order chi connectivity index (χ0) is 14.7. The summed E-state index contributed by atoms with van der Waals surface area (Å²) in [6.07, 6.45) is 5.87. The molecule has 1 unspecified atom stereocenters. The van der Waals surface area contributed by atoms with Gasteiger partial charge in [-0.1, -0.05) is 5.16 Å². The monoisotopic (exact) mass is 292 g/mol. The summed E-state index contributed by atoms with van der Waals surface area (Å²) < 4.78 is 5.49. The lowest BCUT2D eigenvalue weighted by Gasteiger charge is -2.34. The number of piperidine rings is 2. The third-order valence-electron chi connectivity index (χ3n) is 4.98. The minimum absolute atomic E-state index is 0.419. The van der Waals surface area contributed by atoms with E-state index in [9.17, 15) is 0 Å². The predicted octanol–water partition coefficient (Wildman–Crippen LogP) is 2.20. The van der Waals surface area contributed by atoms with Crippen molar-refractivity contribution in [2.24, 2.45) is 5.92 Å². The van der Waals surface area contributed by atoms with Gasteiger partial charge >= 0.3 is 0 Å². The molecular formula is C16H28N4O. The van der Waals surface area contributed by atoms with Crippen molar-refractivity contribution in [2.45, 2.75) is 57.9 Å². The molecule has 0 amide bonds. The van der Waals surface area contributed by atoms with E-state index in [1.54, 1.807) is 0 Å². The summed E-state index contributed by atoms with van der Waals surface area (Å²) in [5.41, 5.74) is 0. The van der Waals surface area contributed by atoms with Crippen LogP contribution in [-0.2, 0) is 6.42 Å². The summed E-state index contributed by atoms with van der Waals surface area (Å²) in [5.74, 6) is 2.90. The molecule has 1 atom stereocenters. The molecule has 21 heavy (non-hydrogen) atoms. The van der Waals surface area contributed by atoms with Crippen molar-refractivity contribution in [2.75, 3.05) is 26.2 Å². The summed E-state index contributed by atoms with van der Waals surface area (Å²) in [6.45, 7) is 9.08. The highest BCUT2D eigenvalue weighted by atomic mass is 16.5. The summed E-state index contributed by atoms with van der Waals surface area (Å²) in [7, 11) is 0. The molecule has 1 aromatic rings. The van der Waals surface area contributed by atoms with E-state index in [4.69, 9.17) is 4.52 Å². The number of rotatable bonds is 4. The fourth-order valence-corrected chi connectivity index (χ4v) is 3.51. The Balaban J connectivity index is 1.51. The summed E-state index contributed by atoms with van der Waals surface area (Å²) in [4.78, 5) is 7.21. The molecular weight excluding hydrogens is 264 g/mol. The lowest BCUT2D eigenvalue weighted by atomic mass is 9.92. The van der Waals surface area contributed by atoms with E-state index in [-0.39, 0.29) is 0 Å². The second kappa shape index (κ2) is 6.88. The molecule has 1 N–H and O–H groups in total. The van der Waals surface area contributed by atoms with Crippen LogP contribution in [0.4, 0.5) is 0 Å². The Hall–Kier alpha value is -0.940. The highest BCUT2D eigenvalue weighted by Crippen LogP contribution is 2.24. The number of nitrogens with zero attached hydrogens (tertiary/aromatic N) is 3. The van der Waals surface area contributed by atoms with Crippen molar-refractivity contribution in [1.82, 2.24) is 20.4 Å². The maximum Gasteiger partial charge on any atom is 0.231 e. The van der Waals surface area contributed by atoms with E-state index in [0.29, 0.717) is 12.0 Å². The summed E-state index contributed by atoms with van der Waals surface area (Å²) in [5, 5.41) is 7.62. The van der Waals surface area contributed by atoms with Crippen molar-refractivity contribution >= 4 is 0 Å². The Morgan fingerprint density at radius 2 is 2.10 bits per heavy atom. The van der Waals surface area contributed by atoms with Gasteiger partial charge in [-0.2, -0.15) is 4.98 Å². The van der Waals surface area contributed by atoms with E-state index in [1.165, 1.54) is 38.8 Å². The Morgan fingerprint density at radius 3 is 2.76 bits per heavy atom. The van der Waals surface area contributed by atoms with E-state index < -0.39 is 0 Å². The number of nitrogens with one attached hydrogen (secondary N) is 1. The lowest BCUT2D eigenvalue weighted by Crippen LogP contribution is -2.38. The first-order valence-electron chi connectivity index (χ1n) is 8.49. The molecule has 2 aliphatic heterocycles. The van der Waals surface area contributed by atoms with Gasteiger partial charge in [0.15, 0.2) is 5.82 Å². The lowest BCUT2D eigenvalue weighted by molar-refractivity contribution is 0.148. The fourth-order valence-electron chi connectivity index (χ4n) is 3.51. The average Bonchev–Trinajstić information content (AvgIpc) is 2.97. The molecule has 0 bridgehead atoms. The molecule has 2 fully saturated rings. The van der Waals surface area contributed by atoms with Crippen LogP contribution in [0.2, 0.25) is 0 Å². The highest BCUT2D eigenvalue weighted by Gasteiger charge is 2.25. The van der Waals surface area contributed by atoms with Crippen molar-refractivity contribution in [1.29, 1.82) is 0 Å². The molecule has 3 rings (SSSR count). The molecule has 0 aliphatic carbocycles. The first-order chi connectivity index (χ1) is 10.2. The van der Waals surface area contributed by atoms with Crippen LogP contribution in [0.3, 0.4) is 0 Å². The fraction of sp³-hybridized carbons (Fsp3) is 0.875. The topological polar surface area (TPSA) is 54.2 Å². The Kier molecular flexibility index (Phi) is 4.91. The van der Waals surface area contributed by atoms with Gasteiger partial charge in [0, 0.05) is 19.0 Å². The maximum absolute atomic E-state index is 5.49. The first-order valence-corrected chi connectivity index (χ1v) is 8.49. The Labute approximate surface area is 127 Å². The minimum Gasteiger partial charge on any atom is -0.339 e.